The normalized spacial score (nSPS) is 10.2. The van der Waals surface area contributed by atoms with Crippen LogP contribution in [0.25, 0.3) is 0 Å². The van der Waals surface area contributed by atoms with Crippen molar-refractivity contribution in [3.05, 3.63) is 83.7 Å². The third-order valence-corrected chi connectivity index (χ3v) is 3.61. The summed E-state index contributed by atoms with van der Waals surface area (Å²) < 4.78 is 0. The Balaban J connectivity index is 1.67. The fourth-order valence-electron chi connectivity index (χ4n) is 2.32. The van der Waals surface area contributed by atoms with Gasteiger partial charge in [-0.3, -0.25) is 4.79 Å². The second-order valence-electron chi connectivity index (χ2n) is 5.75. The molecule has 0 aliphatic rings. The summed E-state index contributed by atoms with van der Waals surface area (Å²) in [7, 11) is 0. The summed E-state index contributed by atoms with van der Waals surface area (Å²) in [5, 5.41) is 6.11. The van der Waals surface area contributed by atoms with Gasteiger partial charge in [-0.05, 0) is 55.8 Å². The first kappa shape index (κ1) is 15.7. The van der Waals surface area contributed by atoms with Crippen LogP contribution in [0.4, 0.5) is 17.1 Å². The summed E-state index contributed by atoms with van der Waals surface area (Å²) in [6.07, 6.45) is 1.66. The van der Waals surface area contributed by atoms with Crippen molar-refractivity contribution in [2.45, 2.75) is 13.8 Å². The molecule has 0 bridgehead atoms. The first-order chi connectivity index (χ1) is 11.6. The average molecular weight is 317 g/mol. The van der Waals surface area contributed by atoms with Crippen LogP contribution in [0.3, 0.4) is 0 Å². The zero-order chi connectivity index (χ0) is 16.9. The number of nitrogens with zero attached hydrogens (tertiary/aromatic N) is 1. The molecule has 1 aromatic heterocycles. The summed E-state index contributed by atoms with van der Waals surface area (Å²) >= 11 is 0. The molecule has 0 saturated carbocycles. The van der Waals surface area contributed by atoms with Crippen LogP contribution in [0.2, 0.25) is 0 Å². The van der Waals surface area contributed by atoms with Crippen LogP contribution in [0.5, 0.6) is 0 Å². The quantitative estimate of drug-likeness (QED) is 0.733. The van der Waals surface area contributed by atoms with Gasteiger partial charge in [0.25, 0.3) is 5.91 Å². The fraction of sp³-hybridized carbons (Fsp3) is 0.100. The van der Waals surface area contributed by atoms with E-state index >= 15 is 0 Å². The van der Waals surface area contributed by atoms with E-state index in [1.807, 2.05) is 68.4 Å². The highest BCUT2D eigenvalue weighted by Gasteiger charge is 2.07. The van der Waals surface area contributed by atoms with Crippen molar-refractivity contribution in [1.82, 2.24) is 4.98 Å². The number of anilines is 3. The Kier molecular flexibility index (Phi) is 4.57. The third kappa shape index (κ3) is 3.98. The van der Waals surface area contributed by atoms with Gasteiger partial charge in [0.05, 0.1) is 11.9 Å². The highest BCUT2D eigenvalue weighted by Crippen LogP contribution is 2.17. The molecule has 3 aromatic rings. The van der Waals surface area contributed by atoms with E-state index in [1.165, 1.54) is 5.56 Å². The van der Waals surface area contributed by atoms with E-state index in [-0.39, 0.29) is 5.91 Å². The van der Waals surface area contributed by atoms with Crippen molar-refractivity contribution < 1.29 is 4.79 Å². The van der Waals surface area contributed by atoms with Gasteiger partial charge in [-0.15, -0.1) is 0 Å². The predicted molar refractivity (Wildman–Crippen MR) is 97.8 cm³/mol. The Morgan fingerprint density at radius 3 is 2.25 bits per heavy atom. The SMILES string of the molecule is Cc1ccc(Nc2ccc(C(=O)Nc3cccc(C)c3)nc2)cc1. The number of benzene rings is 2. The van der Waals surface area contributed by atoms with E-state index in [4.69, 9.17) is 0 Å². The smallest absolute Gasteiger partial charge is 0.274 e. The molecule has 2 N–H and O–H groups in total. The van der Waals surface area contributed by atoms with E-state index in [0.29, 0.717) is 5.69 Å². The molecule has 1 heterocycles. The Morgan fingerprint density at radius 2 is 1.58 bits per heavy atom. The summed E-state index contributed by atoms with van der Waals surface area (Å²) in [5.74, 6) is -0.220. The van der Waals surface area contributed by atoms with Crippen molar-refractivity contribution >= 4 is 23.0 Å². The van der Waals surface area contributed by atoms with Crippen LogP contribution in [-0.4, -0.2) is 10.9 Å². The predicted octanol–water partition coefficient (Wildman–Crippen LogP) is 4.69. The molecule has 0 radical (unpaired) electrons. The van der Waals surface area contributed by atoms with Crippen LogP contribution in [0.1, 0.15) is 21.6 Å². The van der Waals surface area contributed by atoms with Crippen molar-refractivity contribution in [1.29, 1.82) is 0 Å². The molecule has 2 aromatic carbocycles. The van der Waals surface area contributed by atoms with Crippen LogP contribution < -0.4 is 10.6 Å². The van der Waals surface area contributed by atoms with Gasteiger partial charge in [-0.25, -0.2) is 4.98 Å². The summed E-state index contributed by atoms with van der Waals surface area (Å²) in [6, 6.07) is 19.3. The maximum absolute atomic E-state index is 12.2. The number of hydrogen-bond acceptors (Lipinski definition) is 3. The molecule has 3 rings (SSSR count). The van der Waals surface area contributed by atoms with Crippen LogP contribution in [-0.2, 0) is 0 Å². The lowest BCUT2D eigenvalue weighted by molar-refractivity contribution is 0.102. The number of aryl methyl sites for hydroxylation is 2. The number of pyridine rings is 1. The first-order valence-corrected chi connectivity index (χ1v) is 7.78. The number of carbonyl (C=O) groups excluding carboxylic acids is 1. The van der Waals surface area contributed by atoms with Gasteiger partial charge >= 0.3 is 0 Å². The van der Waals surface area contributed by atoms with E-state index in [1.54, 1.807) is 12.3 Å². The Hall–Kier alpha value is -3.14. The van der Waals surface area contributed by atoms with Gasteiger partial charge in [0.15, 0.2) is 0 Å². The van der Waals surface area contributed by atoms with Crippen molar-refractivity contribution in [2.75, 3.05) is 10.6 Å². The number of carbonyl (C=O) groups is 1. The molecule has 0 unspecified atom stereocenters. The molecule has 0 saturated heterocycles. The number of aromatic nitrogens is 1. The summed E-state index contributed by atoms with van der Waals surface area (Å²) in [6.45, 7) is 4.03. The average Bonchev–Trinajstić information content (AvgIpc) is 2.57. The van der Waals surface area contributed by atoms with Crippen LogP contribution >= 0.6 is 0 Å². The molecule has 120 valence electrons. The lowest BCUT2D eigenvalue weighted by Crippen LogP contribution is -2.13. The highest BCUT2D eigenvalue weighted by atomic mass is 16.1. The topological polar surface area (TPSA) is 54.0 Å². The van der Waals surface area contributed by atoms with Crippen molar-refractivity contribution in [3.63, 3.8) is 0 Å². The van der Waals surface area contributed by atoms with Gasteiger partial charge in [0, 0.05) is 11.4 Å². The maximum atomic E-state index is 12.2. The number of rotatable bonds is 4. The second-order valence-corrected chi connectivity index (χ2v) is 5.75. The number of nitrogens with one attached hydrogen (secondary N) is 2. The largest absolute Gasteiger partial charge is 0.354 e. The van der Waals surface area contributed by atoms with Crippen molar-refractivity contribution in [3.8, 4) is 0 Å². The molecule has 24 heavy (non-hydrogen) atoms. The van der Waals surface area contributed by atoms with Crippen LogP contribution in [0, 0.1) is 13.8 Å². The van der Waals surface area contributed by atoms with Gasteiger partial charge < -0.3 is 10.6 Å². The van der Waals surface area contributed by atoms with Gasteiger partial charge in [0.2, 0.25) is 0 Å². The highest BCUT2D eigenvalue weighted by molar-refractivity contribution is 6.03. The molecule has 4 nitrogen and oxygen atoms in total. The molecule has 0 spiro atoms. The summed E-state index contributed by atoms with van der Waals surface area (Å²) in [5.41, 5.74) is 5.28. The minimum absolute atomic E-state index is 0.220. The minimum atomic E-state index is -0.220. The second kappa shape index (κ2) is 6.96. The molecule has 0 fully saturated rings. The first-order valence-electron chi connectivity index (χ1n) is 7.78. The van der Waals surface area contributed by atoms with E-state index in [9.17, 15) is 4.79 Å². The lowest BCUT2D eigenvalue weighted by Gasteiger charge is -2.08. The Morgan fingerprint density at radius 1 is 0.833 bits per heavy atom. The van der Waals surface area contributed by atoms with E-state index in [2.05, 4.69) is 15.6 Å². The zero-order valence-corrected chi connectivity index (χ0v) is 13.7. The molecule has 0 aliphatic heterocycles. The summed E-state index contributed by atoms with van der Waals surface area (Å²) in [4.78, 5) is 16.5. The van der Waals surface area contributed by atoms with Gasteiger partial charge in [-0.1, -0.05) is 29.8 Å². The fourth-order valence-corrected chi connectivity index (χ4v) is 2.32. The van der Waals surface area contributed by atoms with E-state index in [0.717, 1.165) is 22.6 Å². The van der Waals surface area contributed by atoms with Crippen molar-refractivity contribution in [2.24, 2.45) is 0 Å². The van der Waals surface area contributed by atoms with Gasteiger partial charge in [-0.2, -0.15) is 0 Å². The maximum Gasteiger partial charge on any atom is 0.274 e. The molecule has 0 aliphatic carbocycles. The Labute approximate surface area is 141 Å². The number of amides is 1. The molecule has 4 heteroatoms. The standard InChI is InChI=1S/C20H19N3O/c1-14-6-8-16(9-7-14)22-18-10-11-19(21-13-18)20(24)23-17-5-3-4-15(2)12-17/h3-13,22H,1-2H3,(H,23,24). The molecular weight excluding hydrogens is 298 g/mol. The molecule has 0 atom stereocenters. The minimum Gasteiger partial charge on any atom is -0.354 e. The van der Waals surface area contributed by atoms with Gasteiger partial charge in [0.1, 0.15) is 5.69 Å². The van der Waals surface area contributed by atoms with Crippen LogP contribution in [0.15, 0.2) is 66.9 Å². The molecular formula is C20H19N3O. The molecule has 1 amide bonds. The lowest BCUT2D eigenvalue weighted by atomic mass is 10.2. The monoisotopic (exact) mass is 317 g/mol. The number of hydrogen-bond donors (Lipinski definition) is 2. The van der Waals surface area contributed by atoms with E-state index < -0.39 is 0 Å². The third-order valence-electron chi connectivity index (χ3n) is 3.61. The zero-order valence-electron chi connectivity index (χ0n) is 13.7. The Bertz CT molecular complexity index is 840.